The first-order chi connectivity index (χ1) is 14.7. The van der Waals surface area contributed by atoms with Gasteiger partial charge in [0.05, 0.1) is 13.7 Å². The minimum absolute atomic E-state index is 0.0915. The van der Waals surface area contributed by atoms with Gasteiger partial charge in [0, 0.05) is 5.56 Å². The lowest BCUT2D eigenvalue weighted by Crippen LogP contribution is -2.15. The summed E-state index contributed by atoms with van der Waals surface area (Å²) in [5.74, 6) is 1.87. The van der Waals surface area contributed by atoms with Crippen molar-refractivity contribution in [3.8, 4) is 22.6 Å². The smallest absolute Gasteiger partial charge is 0.343 e. The van der Waals surface area contributed by atoms with Crippen molar-refractivity contribution in [3.05, 3.63) is 60.7 Å². The molecule has 3 aromatic rings. The molecule has 0 N–H and O–H groups in total. The molecule has 0 amide bonds. The molecule has 4 heteroatoms. The molecule has 1 aliphatic rings. The molecule has 0 aliphatic heterocycles. The molecule has 0 radical (unpaired) electrons. The number of benzene rings is 3. The van der Waals surface area contributed by atoms with Gasteiger partial charge in [-0.2, -0.15) is 0 Å². The Bertz CT molecular complexity index is 1000. The highest BCUT2D eigenvalue weighted by atomic mass is 16.6. The van der Waals surface area contributed by atoms with Gasteiger partial charge in [-0.1, -0.05) is 55.7 Å². The van der Waals surface area contributed by atoms with Gasteiger partial charge in [-0.25, -0.2) is 4.79 Å². The maximum atomic E-state index is 11.3. The van der Waals surface area contributed by atoms with E-state index in [0.717, 1.165) is 34.3 Å². The number of methoxy groups -OCH3 is 1. The highest BCUT2D eigenvalue weighted by Crippen LogP contribution is 2.34. The first kappa shape index (κ1) is 20.3. The first-order valence-corrected chi connectivity index (χ1v) is 10.7. The predicted octanol–water partition coefficient (Wildman–Crippen LogP) is 6.02. The monoisotopic (exact) mass is 404 g/mol. The van der Waals surface area contributed by atoms with Crippen LogP contribution in [0.5, 0.6) is 11.5 Å². The minimum atomic E-state index is -0.393. The molecule has 156 valence electrons. The van der Waals surface area contributed by atoms with Crippen LogP contribution in [0.3, 0.4) is 0 Å². The summed E-state index contributed by atoms with van der Waals surface area (Å²) in [6.07, 6.45) is 6.56. The fraction of sp³-hybridized carbons (Fsp3) is 0.346. The molecular weight excluding hydrogens is 376 g/mol. The van der Waals surface area contributed by atoms with E-state index in [0.29, 0.717) is 11.7 Å². The average Bonchev–Trinajstić information content (AvgIpc) is 2.81. The molecule has 3 aromatic carbocycles. The highest BCUT2D eigenvalue weighted by molar-refractivity contribution is 5.89. The summed E-state index contributed by atoms with van der Waals surface area (Å²) in [4.78, 5) is 11.3. The lowest BCUT2D eigenvalue weighted by atomic mass is 9.90. The van der Waals surface area contributed by atoms with E-state index in [2.05, 4.69) is 41.1 Å². The van der Waals surface area contributed by atoms with Crippen LogP contribution in [-0.2, 0) is 9.53 Å². The maximum Gasteiger partial charge on any atom is 0.343 e. The van der Waals surface area contributed by atoms with E-state index in [-0.39, 0.29) is 6.61 Å². The van der Waals surface area contributed by atoms with Crippen molar-refractivity contribution >= 4 is 16.7 Å². The third-order valence-electron chi connectivity index (χ3n) is 5.79. The van der Waals surface area contributed by atoms with E-state index >= 15 is 0 Å². The normalized spacial score (nSPS) is 14.4. The van der Waals surface area contributed by atoms with Gasteiger partial charge < -0.3 is 14.2 Å². The van der Waals surface area contributed by atoms with E-state index in [1.165, 1.54) is 39.2 Å². The molecule has 4 rings (SSSR count). The Balaban J connectivity index is 1.52. The third-order valence-corrected chi connectivity index (χ3v) is 5.79. The Morgan fingerprint density at radius 1 is 0.900 bits per heavy atom. The summed E-state index contributed by atoms with van der Waals surface area (Å²) in [5.41, 5.74) is 2.24. The summed E-state index contributed by atoms with van der Waals surface area (Å²) < 4.78 is 16.4. The van der Waals surface area contributed by atoms with Crippen molar-refractivity contribution in [3.63, 3.8) is 0 Å². The van der Waals surface area contributed by atoms with Crippen LogP contribution >= 0.6 is 0 Å². The van der Waals surface area contributed by atoms with Gasteiger partial charge >= 0.3 is 5.97 Å². The lowest BCUT2D eigenvalue weighted by Gasteiger charge is -2.22. The Kier molecular flexibility index (Phi) is 6.53. The number of hydrogen-bond acceptors (Lipinski definition) is 4. The number of para-hydroxylation sites is 1. The molecule has 0 saturated heterocycles. The summed E-state index contributed by atoms with van der Waals surface area (Å²) >= 11 is 0. The molecule has 4 nitrogen and oxygen atoms in total. The average molecular weight is 405 g/mol. The van der Waals surface area contributed by atoms with Crippen LogP contribution in [0.1, 0.15) is 32.1 Å². The topological polar surface area (TPSA) is 44.8 Å². The van der Waals surface area contributed by atoms with Gasteiger partial charge in [-0.15, -0.1) is 0 Å². The second-order valence-electron chi connectivity index (χ2n) is 7.90. The van der Waals surface area contributed by atoms with Gasteiger partial charge in [0.15, 0.2) is 6.61 Å². The SMILES string of the molecule is COC(=O)COc1ccc2cc(-c3ccccc3OCC3CCCCC3)ccc2c1. The molecule has 1 aliphatic carbocycles. The zero-order chi connectivity index (χ0) is 20.8. The first-order valence-electron chi connectivity index (χ1n) is 10.7. The zero-order valence-electron chi connectivity index (χ0n) is 17.4. The molecule has 0 bridgehead atoms. The molecule has 0 spiro atoms. The zero-order valence-corrected chi connectivity index (χ0v) is 17.4. The summed E-state index contributed by atoms with van der Waals surface area (Å²) in [7, 11) is 1.35. The van der Waals surface area contributed by atoms with Crippen LogP contribution < -0.4 is 9.47 Å². The van der Waals surface area contributed by atoms with Crippen LogP contribution in [0.15, 0.2) is 60.7 Å². The standard InChI is InChI=1S/C26H28O4/c1-28-26(27)18-29-23-14-13-20-15-22(12-11-21(20)16-23)24-9-5-6-10-25(24)30-17-19-7-3-2-4-8-19/h5-6,9-16,19H,2-4,7-8,17-18H2,1H3. The Hall–Kier alpha value is -3.01. The number of ether oxygens (including phenoxy) is 3. The van der Waals surface area contributed by atoms with Crippen molar-refractivity contribution in [2.45, 2.75) is 32.1 Å². The Labute approximate surface area is 177 Å². The number of carbonyl (C=O) groups excluding carboxylic acids is 1. The molecular formula is C26H28O4. The molecule has 1 saturated carbocycles. The van der Waals surface area contributed by atoms with Crippen LogP contribution in [0.4, 0.5) is 0 Å². The van der Waals surface area contributed by atoms with E-state index in [9.17, 15) is 4.79 Å². The van der Waals surface area contributed by atoms with E-state index in [1.54, 1.807) is 0 Å². The van der Waals surface area contributed by atoms with Crippen molar-refractivity contribution in [1.29, 1.82) is 0 Å². The van der Waals surface area contributed by atoms with Gasteiger partial charge in [0.1, 0.15) is 11.5 Å². The minimum Gasteiger partial charge on any atom is -0.493 e. The molecule has 1 fully saturated rings. The predicted molar refractivity (Wildman–Crippen MR) is 119 cm³/mol. The van der Waals surface area contributed by atoms with Gasteiger partial charge in [-0.05, 0) is 59.4 Å². The number of fused-ring (bicyclic) bond motifs is 1. The van der Waals surface area contributed by atoms with Crippen molar-refractivity contribution < 1.29 is 19.0 Å². The number of esters is 1. The molecule has 0 aromatic heterocycles. The van der Waals surface area contributed by atoms with Crippen LogP contribution in [0.25, 0.3) is 21.9 Å². The Morgan fingerprint density at radius 3 is 2.50 bits per heavy atom. The van der Waals surface area contributed by atoms with E-state index in [4.69, 9.17) is 9.47 Å². The van der Waals surface area contributed by atoms with Crippen molar-refractivity contribution in [1.82, 2.24) is 0 Å². The van der Waals surface area contributed by atoms with Crippen LogP contribution in [0.2, 0.25) is 0 Å². The Morgan fingerprint density at radius 2 is 1.67 bits per heavy atom. The summed E-state index contributed by atoms with van der Waals surface area (Å²) in [6, 6.07) is 20.4. The summed E-state index contributed by atoms with van der Waals surface area (Å²) in [6.45, 7) is 0.706. The van der Waals surface area contributed by atoms with E-state index < -0.39 is 5.97 Å². The fourth-order valence-corrected chi connectivity index (χ4v) is 4.07. The fourth-order valence-electron chi connectivity index (χ4n) is 4.07. The van der Waals surface area contributed by atoms with Crippen molar-refractivity contribution in [2.24, 2.45) is 5.92 Å². The molecule has 0 atom stereocenters. The quantitative estimate of drug-likeness (QED) is 0.452. The summed E-state index contributed by atoms with van der Waals surface area (Å²) in [5, 5.41) is 2.17. The van der Waals surface area contributed by atoms with E-state index in [1.807, 2.05) is 24.3 Å². The second-order valence-corrected chi connectivity index (χ2v) is 7.90. The van der Waals surface area contributed by atoms with Crippen LogP contribution in [-0.4, -0.2) is 26.3 Å². The molecule has 0 unspecified atom stereocenters. The van der Waals surface area contributed by atoms with Gasteiger partial charge in [0.2, 0.25) is 0 Å². The number of hydrogen-bond donors (Lipinski definition) is 0. The third kappa shape index (κ3) is 4.93. The highest BCUT2D eigenvalue weighted by Gasteiger charge is 2.15. The van der Waals surface area contributed by atoms with Gasteiger partial charge in [0.25, 0.3) is 0 Å². The maximum absolute atomic E-state index is 11.3. The van der Waals surface area contributed by atoms with Gasteiger partial charge in [-0.3, -0.25) is 0 Å². The molecule has 0 heterocycles. The molecule has 30 heavy (non-hydrogen) atoms. The van der Waals surface area contributed by atoms with Crippen LogP contribution in [0, 0.1) is 5.92 Å². The lowest BCUT2D eigenvalue weighted by molar-refractivity contribution is -0.142. The second kappa shape index (κ2) is 9.66. The van der Waals surface area contributed by atoms with Crippen molar-refractivity contribution in [2.75, 3.05) is 20.3 Å². The number of rotatable bonds is 7. The largest absolute Gasteiger partial charge is 0.493 e. The number of carbonyl (C=O) groups is 1.